The molecule has 0 radical (unpaired) electrons. The largest absolute Gasteiger partial charge is 0.289 e. The number of amides is 1. The van der Waals surface area contributed by atoms with Crippen LogP contribution < -0.4 is 5.43 Å². The summed E-state index contributed by atoms with van der Waals surface area (Å²) in [6, 6.07) is 9.42. The topological polar surface area (TPSA) is 54.4 Å². The van der Waals surface area contributed by atoms with Gasteiger partial charge in [-0.2, -0.15) is 5.10 Å². The van der Waals surface area contributed by atoms with Crippen molar-refractivity contribution in [2.75, 3.05) is 0 Å². The van der Waals surface area contributed by atoms with E-state index >= 15 is 0 Å². The lowest BCUT2D eigenvalue weighted by Crippen LogP contribution is -2.20. The van der Waals surface area contributed by atoms with Crippen LogP contribution in [0.4, 0.5) is 0 Å². The first-order valence-corrected chi connectivity index (χ1v) is 6.83. The number of hydrogen-bond donors (Lipinski definition) is 1. The molecule has 0 spiro atoms. The summed E-state index contributed by atoms with van der Waals surface area (Å²) in [7, 11) is 0. The van der Waals surface area contributed by atoms with E-state index < -0.39 is 0 Å². The van der Waals surface area contributed by atoms with E-state index in [4.69, 9.17) is 0 Å². The number of hydrogen-bond acceptors (Lipinski definition) is 3. The molecular weight excluding hydrogens is 262 g/mol. The molecule has 2 aromatic rings. The lowest BCUT2D eigenvalue weighted by Gasteiger charge is -2.11. The Bertz CT molecular complexity index is 667. The number of benzene rings is 1. The average molecular weight is 281 g/mol. The molecule has 1 heterocycles. The fourth-order valence-corrected chi connectivity index (χ4v) is 2.50. The SMILES string of the molecule is C/C(=N/NC(=O)c1ccccn1)c1c(C)cc(C)cc1C. The predicted octanol–water partition coefficient (Wildman–Crippen LogP) is 3.16. The van der Waals surface area contributed by atoms with E-state index in [-0.39, 0.29) is 5.91 Å². The van der Waals surface area contributed by atoms with Crippen LogP contribution in [0.15, 0.2) is 41.6 Å². The van der Waals surface area contributed by atoms with Gasteiger partial charge < -0.3 is 0 Å². The highest BCUT2D eigenvalue weighted by Gasteiger charge is 2.09. The van der Waals surface area contributed by atoms with Gasteiger partial charge in [-0.3, -0.25) is 9.78 Å². The molecular formula is C17H19N3O. The molecule has 1 aromatic heterocycles. The number of rotatable bonds is 3. The van der Waals surface area contributed by atoms with Crippen LogP contribution >= 0.6 is 0 Å². The third kappa shape index (κ3) is 3.54. The van der Waals surface area contributed by atoms with Crippen molar-refractivity contribution >= 4 is 11.6 Å². The normalized spacial score (nSPS) is 11.3. The molecule has 1 amide bonds. The number of pyridine rings is 1. The third-order valence-corrected chi connectivity index (χ3v) is 3.26. The van der Waals surface area contributed by atoms with Crippen LogP contribution in [0.5, 0.6) is 0 Å². The number of nitrogens with zero attached hydrogens (tertiary/aromatic N) is 2. The van der Waals surface area contributed by atoms with Crippen LogP contribution in [0.1, 0.15) is 39.7 Å². The molecule has 1 aromatic carbocycles. The molecule has 108 valence electrons. The van der Waals surface area contributed by atoms with Crippen LogP contribution in [-0.4, -0.2) is 16.6 Å². The van der Waals surface area contributed by atoms with Crippen LogP contribution in [0.25, 0.3) is 0 Å². The van der Waals surface area contributed by atoms with Crippen LogP contribution in [0.3, 0.4) is 0 Å². The molecule has 0 unspecified atom stereocenters. The Morgan fingerprint density at radius 2 is 1.81 bits per heavy atom. The second-order valence-corrected chi connectivity index (χ2v) is 5.13. The van der Waals surface area contributed by atoms with Gasteiger partial charge in [0.2, 0.25) is 0 Å². The molecule has 21 heavy (non-hydrogen) atoms. The summed E-state index contributed by atoms with van der Waals surface area (Å²) in [5.74, 6) is -0.308. The highest BCUT2D eigenvalue weighted by Crippen LogP contribution is 2.17. The Morgan fingerprint density at radius 3 is 2.38 bits per heavy atom. The molecule has 4 nitrogen and oxygen atoms in total. The zero-order chi connectivity index (χ0) is 15.4. The summed E-state index contributed by atoms with van der Waals surface area (Å²) in [6.07, 6.45) is 1.58. The van der Waals surface area contributed by atoms with Crippen LogP contribution in [0, 0.1) is 20.8 Å². The molecule has 0 fully saturated rings. The first kappa shape index (κ1) is 14.9. The van der Waals surface area contributed by atoms with E-state index in [1.54, 1.807) is 24.4 Å². The second kappa shape index (κ2) is 6.31. The number of aromatic nitrogens is 1. The standard InChI is InChI=1S/C17H19N3O/c1-11-9-12(2)16(13(3)10-11)14(4)19-20-17(21)15-7-5-6-8-18-15/h5-10H,1-4H3,(H,20,21)/b19-14-. The number of hydrazone groups is 1. The smallest absolute Gasteiger partial charge is 0.266 e. The Labute approximate surface area is 124 Å². The van der Waals surface area contributed by atoms with Crippen molar-refractivity contribution in [2.45, 2.75) is 27.7 Å². The summed E-state index contributed by atoms with van der Waals surface area (Å²) in [6.45, 7) is 8.06. The fraction of sp³-hybridized carbons (Fsp3) is 0.235. The molecule has 0 atom stereocenters. The van der Waals surface area contributed by atoms with E-state index in [0.717, 1.165) is 22.4 Å². The number of carbonyl (C=O) groups excluding carboxylic acids is 1. The highest BCUT2D eigenvalue weighted by molar-refractivity contribution is 6.02. The van der Waals surface area contributed by atoms with Gasteiger partial charge in [0.15, 0.2) is 0 Å². The molecule has 0 aliphatic rings. The fourth-order valence-electron chi connectivity index (χ4n) is 2.50. The van der Waals surface area contributed by atoms with Crippen molar-refractivity contribution in [3.05, 3.63) is 64.5 Å². The first-order valence-electron chi connectivity index (χ1n) is 6.83. The molecule has 0 saturated carbocycles. The Balaban J connectivity index is 2.21. The number of carbonyl (C=O) groups is 1. The zero-order valence-electron chi connectivity index (χ0n) is 12.8. The minimum atomic E-state index is -0.308. The van der Waals surface area contributed by atoms with Gasteiger partial charge in [0.05, 0.1) is 5.71 Å². The predicted molar refractivity (Wildman–Crippen MR) is 84.6 cm³/mol. The quantitative estimate of drug-likeness (QED) is 0.694. The average Bonchev–Trinajstić information content (AvgIpc) is 2.44. The van der Waals surface area contributed by atoms with Crippen molar-refractivity contribution in [1.82, 2.24) is 10.4 Å². The maximum atomic E-state index is 11.9. The monoisotopic (exact) mass is 281 g/mol. The Hall–Kier alpha value is -2.49. The molecule has 0 bridgehead atoms. The third-order valence-electron chi connectivity index (χ3n) is 3.26. The van der Waals surface area contributed by atoms with Gasteiger partial charge in [0, 0.05) is 11.8 Å². The maximum absolute atomic E-state index is 11.9. The minimum absolute atomic E-state index is 0.308. The summed E-state index contributed by atoms with van der Waals surface area (Å²) in [4.78, 5) is 15.9. The van der Waals surface area contributed by atoms with Crippen molar-refractivity contribution in [3.63, 3.8) is 0 Å². The van der Waals surface area contributed by atoms with Gasteiger partial charge in [-0.25, -0.2) is 5.43 Å². The van der Waals surface area contributed by atoms with Crippen molar-refractivity contribution in [2.24, 2.45) is 5.10 Å². The van der Waals surface area contributed by atoms with E-state index in [1.165, 1.54) is 5.56 Å². The molecule has 2 rings (SSSR count). The second-order valence-electron chi connectivity index (χ2n) is 5.13. The molecule has 0 aliphatic carbocycles. The Kier molecular flexibility index (Phi) is 4.48. The van der Waals surface area contributed by atoms with E-state index in [2.05, 4.69) is 48.4 Å². The van der Waals surface area contributed by atoms with Gasteiger partial charge in [-0.05, 0) is 51.0 Å². The Morgan fingerprint density at radius 1 is 1.14 bits per heavy atom. The van der Waals surface area contributed by atoms with Gasteiger partial charge in [0.25, 0.3) is 5.91 Å². The molecule has 4 heteroatoms. The minimum Gasteiger partial charge on any atom is -0.266 e. The van der Waals surface area contributed by atoms with Gasteiger partial charge >= 0.3 is 0 Å². The van der Waals surface area contributed by atoms with E-state index in [0.29, 0.717) is 5.69 Å². The van der Waals surface area contributed by atoms with Gasteiger partial charge in [-0.15, -0.1) is 0 Å². The molecule has 0 aliphatic heterocycles. The summed E-state index contributed by atoms with van der Waals surface area (Å²) >= 11 is 0. The van der Waals surface area contributed by atoms with E-state index in [1.807, 2.05) is 6.92 Å². The summed E-state index contributed by atoms with van der Waals surface area (Å²) < 4.78 is 0. The van der Waals surface area contributed by atoms with E-state index in [9.17, 15) is 4.79 Å². The zero-order valence-corrected chi connectivity index (χ0v) is 12.8. The lowest BCUT2D eigenvalue weighted by molar-refractivity contribution is 0.0950. The first-order chi connectivity index (χ1) is 9.99. The molecule has 1 N–H and O–H groups in total. The lowest BCUT2D eigenvalue weighted by atomic mass is 9.97. The van der Waals surface area contributed by atoms with Crippen molar-refractivity contribution < 1.29 is 4.79 Å². The maximum Gasteiger partial charge on any atom is 0.289 e. The highest BCUT2D eigenvalue weighted by atomic mass is 16.2. The summed E-state index contributed by atoms with van der Waals surface area (Å²) in [5, 5.41) is 4.20. The van der Waals surface area contributed by atoms with Crippen molar-refractivity contribution in [1.29, 1.82) is 0 Å². The van der Waals surface area contributed by atoms with Crippen molar-refractivity contribution in [3.8, 4) is 0 Å². The summed E-state index contributed by atoms with van der Waals surface area (Å²) in [5.41, 5.74) is 8.29. The van der Waals surface area contributed by atoms with Gasteiger partial charge in [-0.1, -0.05) is 23.8 Å². The number of nitrogens with one attached hydrogen (secondary N) is 1. The number of aryl methyl sites for hydroxylation is 3. The van der Waals surface area contributed by atoms with Crippen LogP contribution in [0.2, 0.25) is 0 Å². The molecule has 0 saturated heterocycles. The van der Waals surface area contributed by atoms with Crippen LogP contribution in [-0.2, 0) is 0 Å². The van der Waals surface area contributed by atoms with Gasteiger partial charge in [0.1, 0.15) is 5.69 Å².